The van der Waals surface area contributed by atoms with Crippen molar-refractivity contribution in [3.05, 3.63) is 46.3 Å². The Bertz CT molecular complexity index is 534. The van der Waals surface area contributed by atoms with Gasteiger partial charge >= 0.3 is 5.66 Å². The lowest BCUT2D eigenvalue weighted by molar-refractivity contribution is -0.593. The number of dihydropyridines is 1. The van der Waals surface area contributed by atoms with Gasteiger partial charge in [-0.1, -0.05) is 13.3 Å². The Morgan fingerprint density at radius 1 is 1.53 bits per heavy atom. The lowest BCUT2D eigenvalue weighted by Crippen LogP contribution is -2.57. The molecule has 0 aliphatic carbocycles. The van der Waals surface area contributed by atoms with Gasteiger partial charge in [-0.2, -0.15) is 0 Å². The molecule has 0 amide bonds. The smallest absolute Gasteiger partial charge is 0.356 e. The second kappa shape index (κ2) is 4.85. The monoisotopic (exact) mass is 263 g/mol. The molecule has 7 nitrogen and oxygen atoms in total. The van der Waals surface area contributed by atoms with E-state index in [1.54, 1.807) is 30.6 Å². The minimum Gasteiger partial charge on any atom is -0.384 e. The highest BCUT2D eigenvalue weighted by Crippen LogP contribution is 2.35. The van der Waals surface area contributed by atoms with E-state index in [9.17, 15) is 10.1 Å². The van der Waals surface area contributed by atoms with Crippen molar-refractivity contribution in [1.29, 1.82) is 0 Å². The van der Waals surface area contributed by atoms with Crippen LogP contribution in [0.4, 0.5) is 0 Å². The van der Waals surface area contributed by atoms with Crippen LogP contribution >= 0.6 is 0 Å². The standard InChI is InChI=1S/C12H17N5O2/c1-2-5-9-8-10(13)15-11(14)12(9,17(18)19)16-6-3-4-7-16/h3-4,6-8,11H,2,5,14H2,1H3,(H2,13,15). The van der Waals surface area contributed by atoms with E-state index in [0.717, 1.165) is 6.42 Å². The van der Waals surface area contributed by atoms with Crippen LogP contribution in [0, 0.1) is 10.1 Å². The second-order valence-corrected chi connectivity index (χ2v) is 4.49. The molecule has 19 heavy (non-hydrogen) atoms. The van der Waals surface area contributed by atoms with Gasteiger partial charge in [0.15, 0.2) is 6.17 Å². The van der Waals surface area contributed by atoms with E-state index in [4.69, 9.17) is 11.5 Å². The molecule has 2 atom stereocenters. The number of nitrogens with zero attached hydrogens (tertiary/aromatic N) is 3. The molecule has 7 heteroatoms. The second-order valence-electron chi connectivity index (χ2n) is 4.49. The minimum absolute atomic E-state index is 0.237. The van der Waals surface area contributed by atoms with Crippen molar-refractivity contribution < 1.29 is 4.92 Å². The van der Waals surface area contributed by atoms with E-state index in [1.807, 2.05) is 6.92 Å². The first-order chi connectivity index (χ1) is 9.03. The van der Waals surface area contributed by atoms with Crippen molar-refractivity contribution in [1.82, 2.24) is 4.57 Å². The predicted molar refractivity (Wildman–Crippen MR) is 72.0 cm³/mol. The molecule has 2 rings (SSSR count). The third-order valence-electron chi connectivity index (χ3n) is 3.29. The summed E-state index contributed by atoms with van der Waals surface area (Å²) >= 11 is 0. The fraction of sp³-hybridized carbons (Fsp3) is 0.417. The lowest BCUT2D eigenvalue weighted by atomic mass is 9.90. The van der Waals surface area contributed by atoms with E-state index in [1.165, 1.54) is 4.57 Å². The van der Waals surface area contributed by atoms with E-state index in [2.05, 4.69) is 4.99 Å². The first kappa shape index (κ1) is 13.3. The van der Waals surface area contributed by atoms with Crippen molar-refractivity contribution >= 4 is 5.84 Å². The van der Waals surface area contributed by atoms with Gasteiger partial charge in [0.2, 0.25) is 0 Å². The molecule has 1 aromatic rings. The van der Waals surface area contributed by atoms with E-state index in [-0.39, 0.29) is 10.8 Å². The van der Waals surface area contributed by atoms with Crippen LogP contribution in [0.5, 0.6) is 0 Å². The number of aliphatic imine (C=N–C) groups is 1. The fourth-order valence-corrected chi connectivity index (χ4v) is 2.49. The minimum atomic E-state index is -1.58. The average Bonchev–Trinajstić information content (AvgIpc) is 2.82. The quantitative estimate of drug-likeness (QED) is 0.617. The molecule has 1 aliphatic rings. The van der Waals surface area contributed by atoms with Crippen molar-refractivity contribution in [2.75, 3.05) is 0 Å². The van der Waals surface area contributed by atoms with Crippen molar-refractivity contribution in [2.45, 2.75) is 31.6 Å². The molecular weight excluding hydrogens is 246 g/mol. The van der Waals surface area contributed by atoms with Gasteiger partial charge in [0.25, 0.3) is 0 Å². The number of nitro groups is 1. The maximum Gasteiger partial charge on any atom is 0.356 e. The molecule has 4 N–H and O–H groups in total. The van der Waals surface area contributed by atoms with Gasteiger partial charge in [0.05, 0.1) is 4.92 Å². The maximum atomic E-state index is 11.7. The molecule has 102 valence electrons. The number of aromatic nitrogens is 1. The number of hydrogen-bond donors (Lipinski definition) is 2. The summed E-state index contributed by atoms with van der Waals surface area (Å²) in [6.07, 6.45) is 5.09. The van der Waals surface area contributed by atoms with Gasteiger partial charge in [-0.15, -0.1) is 0 Å². The summed E-state index contributed by atoms with van der Waals surface area (Å²) in [7, 11) is 0. The van der Waals surface area contributed by atoms with Crippen molar-refractivity contribution in [3.8, 4) is 0 Å². The molecule has 0 saturated carbocycles. The average molecular weight is 263 g/mol. The Morgan fingerprint density at radius 3 is 2.68 bits per heavy atom. The van der Waals surface area contributed by atoms with Gasteiger partial charge in [-0.05, 0) is 24.6 Å². The summed E-state index contributed by atoms with van der Waals surface area (Å²) in [4.78, 5) is 15.3. The maximum absolute atomic E-state index is 11.7. The molecule has 0 saturated heterocycles. The third-order valence-corrected chi connectivity index (χ3v) is 3.29. The molecule has 2 heterocycles. The SMILES string of the molecule is CCCC1=CC(N)=NC(N)C1(n1cccc1)[N+](=O)[O-]. The van der Waals surface area contributed by atoms with Crippen molar-refractivity contribution in [2.24, 2.45) is 16.5 Å². The molecule has 0 aromatic carbocycles. The summed E-state index contributed by atoms with van der Waals surface area (Å²) in [6, 6.07) is 3.45. The summed E-state index contributed by atoms with van der Waals surface area (Å²) in [5.74, 6) is 0.237. The van der Waals surface area contributed by atoms with E-state index >= 15 is 0 Å². The highest BCUT2D eigenvalue weighted by atomic mass is 16.6. The lowest BCUT2D eigenvalue weighted by Gasteiger charge is -2.34. The normalized spacial score (nSPS) is 26.7. The van der Waals surface area contributed by atoms with Gasteiger partial charge in [-0.3, -0.25) is 14.7 Å². The third kappa shape index (κ3) is 1.91. The number of amidine groups is 1. The van der Waals surface area contributed by atoms with E-state index < -0.39 is 11.8 Å². The molecule has 1 aliphatic heterocycles. The zero-order valence-electron chi connectivity index (χ0n) is 10.7. The van der Waals surface area contributed by atoms with Crippen LogP contribution in [0.3, 0.4) is 0 Å². The van der Waals surface area contributed by atoms with Crippen molar-refractivity contribution in [3.63, 3.8) is 0 Å². The Kier molecular flexibility index (Phi) is 3.39. The molecule has 0 radical (unpaired) electrons. The fourth-order valence-electron chi connectivity index (χ4n) is 2.49. The Balaban J connectivity index is 2.64. The summed E-state index contributed by atoms with van der Waals surface area (Å²) in [5, 5.41) is 11.7. The van der Waals surface area contributed by atoms with Gasteiger partial charge < -0.3 is 11.5 Å². The topological polar surface area (TPSA) is 112 Å². The zero-order valence-corrected chi connectivity index (χ0v) is 10.7. The molecule has 0 spiro atoms. The predicted octanol–water partition coefficient (Wildman–Crippen LogP) is 0.800. The van der Waals surface area contributed by atoms with E-state index in [0.29, 0.717) is 12.0 Å². The number of rotatable bonds is 4. The summed E-state index contributed by atoms with van der Waals surface area (Å²) in [5.41, 5.74) is 10.6. The first-order valence-electron chi connectivity index (χ1n) is 6.11. The molecule has 2 unspecified atom stereocenters. The van der Waals surface area contributed by atoms with Crippen LogP contribution in [0.15, 0.2) is 41.2 Å². The number of nitrogens with two attached hydrogens (primary N) is 2. The molecule has 0 bridgehead atoms. The van der Waals surface area contributed by atoms with Crippen LogP contribution in [0.2, 0.25) is 0 Å². The first-order valence-corrected chi connectivity index (χ1v) is 6.11. The highest BCUT2D eigenvalue weighted by Gasteiger charge is 2.55. The Labute approximate surface area is 110 Å². The highest BCUT2D eigenvalue weighted by molar-refractivity contribution is 5.93. The molecule has 0 fully saturated rings. The zero-order chi connectivity index (χ0) is 14.0. The largest absolute Gasteiger partial charge is 0.384 e. The van der Waals surface area contributed by atoms with Crippen LogP contribution < -0.4 is 11.5 Å². The van der Waals surface area contributed by atoms with Crippen LogP contribution in [0.1, 0.15) is 19.8 Å². The Hall–Kier alpha value is -2.15. The van der Waals surface area contributed by atoms with Crippen LogP contribution in [-0.4, -0.2) is 21.5 Å². The van der Waals surface area contributed by atoms with Crippen LogP contribution in [0.25, 0.3) is 0 Å². The van der Waals surface area contributed by atoms with Crippen LogP contribution in [-0.2, 0) is 5.66 Å². The summed E-state index contributed by atoms with van der Waals surface area (Å²) < 4.78 is 1.50. The van der Waals surface area contributed by atoms with Gasteiger partial charge in [-0.25, -0.2) is 4.99 Å². The number of hydrogen-bond acceptors (Lipinski definition) is 5. The van der Waals surface area contributed by atoms with Gasteiger partial charge in [0, 0.05) is 18.0 Å². The molecular formula is C12H17N5O2. The summed E-state index contributed by atoms with van der Waals surface area (Å²) in [6.45, 7) is 1.95. The molecule has 1 aromatic heterocycles. The Morgan fingerprint density at radius 2 is 2.16 bits per heavy atom. The van der Waals surface area contributed by atoms with Gasteiger partial charge in [0.1, 0.15) is 5.84 Å².